The number of nitrogens with two attached hydrogens (primary N) is 1. The van der Waals surface area contributed by atoms with Crippen molar-refractivity contribution in [1.82, 2.24) is 9.97 Å². The van der Waals surface area contributed by atoms with Crippen molar-refractivity contribution in [3.8, 4) is 5.88 Å². The molecule has 1 aliphatic rings. The number of aromatic nitrogens is 2. The average Bonchev–Trinajstić information content (AvgIpc) is 2.39. The number of hydrogen-bond acceptors (Lipinski definition) is 6. The fourth-order valence-electron chi connectivity index (χ4n) is 1.76. The molecule has 1 aromatic rings. The quantitative estimate of drug-likeness (QED) is 0.781. The topological polar surface area (TPSA) is 90.6 Å². The molecule has 1 aliphatic heterocycles. The van der Waals surface area contributed by atoms with E-state index in [-0.39, 0.29) is 0 Å². The molecule has 0 aliphatic carbocycles. The van der Waals surface area contributed by atoms with Gasteiger partial charge in [-0.15, -0.1) is 0 Å². The van der Waals surface area contributed by atoms with E-state index >= 15 is 0 Å². The van der Waals surface area contributed by atoms with E-state index in [0.29, 0.717) is 38.0 Å². The summed E-state index contributed by atoms with van der Waals surface area (Å²) in [5.41, 5.74) is 5.24. The number of hydrogen-bond donors (Lipinski definition) is 1. The summed E-state index contributed by atoms with van der Waals surface area (Å²) in [6.45, 7) is 3.94. The summed E-state index contributed by atoms with van der Waals surface area (Å²) in [5, 5.41) is 0. The molecule has 2 rings (SSSR count). The van der Waals surface area contributed by atoms with Gasteiger partial charge in [-0.05, 0) is 6.92 Å². The highest BCUT2D eigenvalue weighted by atomic mass is 16.5. The molecule has 1 saturated heterocycles. The van der Waals surface area contributed by atoms with Crippen LogP contribution in [0.15, 0.2) is 12.4 Å². The van der Waals surface area contributed by atoms with Crippen LogP contribution < -0.4 is 15.4 Å². The molecule has 0 radical (unpaired) electrons. The monoisotopic (exact) mass is 252 g/mol. The van der Waals surface area contributed by atoms with Crippen LogP contribution in [-0.2, 0) is 9.53 Å². The number of morpholine rings is 1. The number of carbonyl (C=O) groups excluding carboxylic acids is 1. The maximum atomic E-state index is 11.1. The molecule has 7 heteroatoms. The van der Waals surface area contributed by atoms with Gasteiger partial charge in [-0.3, -0.25) is 4.79 Å². The molecular weight excluding hydrogens is 236 g/mol. The van der Waals surface area contributed by atoms with Gasteiger partial charge in [0.15, 0.2) is 6.10 Å². The van der Waals surface area contributed by atoms with Gasteiger partial charge < -0.3 is 20.1 Å². The number of carbonyl (C=O) groups is 1. The molecule has 0 spiro atoms. The van der Waals surface area contributed by atoms with Crippen LogP contribution in [0.3, 0.4) is 0 Å². The lowest BCUT2D eigenvalue weighted by atomic mass is 10.2. The summed E-state index contributed by atoms with van der Waals surface area (Å²) in [4.78, 5) is 21.2. The van der Waals surface area contributed by atoms with Gasteiger partial charge in [-0.1, -0.05) is 0 Å². The van der Waals surface area contributed by atoms with Gasteiger partial charge in [-0.25, -0.2) is 9.97 Å². The van der Waals surface area contributed by atoms with Crippen molar-refractivity contribution in [2.24, 2.45) is 5.73 Å². The summed E-state index contributed by atoms with van der Waals surface area (Å²) in [7, 11) is 0. The third-order valence-corrected chi connectivity index (χ3v) is 2.63. The van der Waals surface area contributed by atoms with Crippen molar-refractivity contribution < 1.29 is 14.3 Å². The molecule has 2 N–H and O–H groups in total. The van der Waals surface area contributed by atoms with Crippen LogP contribution in [0.5, 0.6) is 5.88 Å². The van der Waals surface area contributed by atoms with E-state index in [2.05, 4.69) is 9.97 Å². The predicted octanol–water partition coefficient (Wildman–Crippen LogP) is -0.434. The van der Waals surface area contributed by atoms with E-state index in [1.165, 1.54) is 6.33 Å². The van der Waals surface area contributed by atoms with Crippen LogP contribution in [0.2, 0.25) is 0 Å². The Hall–Kier alpha value is -1.89. The summed E-state index contributed by atoms with van der Waals surface area (Å²) in [6, 6.07) is 1.74. The second kappa shape index (κ2) is 5.63. The smallest absolute Gasteiger partial charge is 0.248 e. The SMILES string of the molecule is CCOc1cc(N2CCOC(C(N)=O)C2)ncn1. The Bertz CT molecular complexity index is 427. The minimum absolute atomic E-state index is 0.401. The van der Waals surface area contributed by atoms with Crippen LogP contribution in [0, 0.1) is 0 Å². The van der Waals surface area contributed by atoms with Crippen LogP contribution in [0.1, 0.15) is 6.92 Å². The maximum absolute atomic E-state index is 11.1. The van der Waals surface area contributed by atoms with Crippen LogP contribution in [0.4, 0.5) is 5.82 Å². The van der Waals surface area contributed by atoms with E-state index in [0.717, 1.165) is 0 Å². The Morgan fingerprint density at radius 1 is 1.67 bits per heavy atom. The number of primary amides is 1. The Kier molecular flexibility index (Phi) is 3.93. The summed E-state index contributed by atoms with van der Waals surface area (Å²) >= 11 is 0. The molecular formula is C11H16N4O3. The maximum Gasteiger partial charge on any atom is 0.248 e. The van der Waals surface area contributed by atoms with Crippen molar-refractivity contribution in [2.45, 2.75) is 13.0 Å². The van der Waals surface area contributed by atoms with Crippen molar-refractivity contribution >= 4 is 11.7 Å². The normalized spacial score (nSPS) is 19.6. The average molecular weight is 252 g/mol. The van der Waals surface area contributed by atoms with Crippen molar-refractivity contribution in [2.75, 3.05) is 31.2 Å². The third kappa shape index (κ3) is 2.86. The first kappa shape index (κ1) is 12.6. The third-order valence-electron chi connectivity index (χ3n) is 2.63. The fraction of sp³-hybridized carbons (Fsp3) is 0.545. The molecule has 0 aromatic carbocycles. The lowest BCUT2D eigenvalue weighted by molar-refractivity contribution is -0.130. The Labute approximate surface area is 105 Å². The number of rotatable bonds is 4. The van der Waals surface area contributed by atoms with Crippen LogP contribution in [-0.4, -0.2) is 48.3 Å². The molecule has 1 aromatic heterocycles. The first-order chi connectivity index (χ1) is 8.70. The standard InChI is InChI=1S/C11H16N4O3/c1-2-17-10-5-9(13-7-14-10)15-3-4-18-8(6-15)11(12)16/h5,7-8H,2-4,6H2,1H3,(H2,12,16). The van der Waals surface area contributed by atoms with Crippen LogP contribution in [0.25, 0.3) is 0 Å². The van der Waals surface area contributed by atoms with E-state index in [4.69, 9.17) is 15.2 Å². The second-order valence-corrected chi connectivity index (χ2v) is 3.86. The van der Waals surface area contributed by atoms with E-state index < -0.39 is 12.0 Å². The molecule has 1 fully saturated rings. The van der Waals surface area contributed by atoms with Crippen LogP contribution >= 0.6 is 0 Å². The number of amides is 1. The van der Waals surface area contributed by atoms with Gasteiger partial charge in [0.25, 0.3) is 0 Å². The molecule has 1 atom stereocenters. The van der Waals surface area contributed by atoms with E-state index in [1.807, 2.05) is 11.8 Å². The highest BCUT2D eigenvalue weighted by Crippen LogP contribution is 2.18. The summed E-state index contributed by atoms with van der Waals surface area (Å²) in [6.07, 6.45) is 0.846. The summed E-state index contributed by atoms with van der Waals surface area (Å²) in [5.74, 6) is 0.770. The number of anilines is 1. The molecule has 7 nitrogen and oxygen atoms in total. The van der Waals surface area contributed by atoms with Gasteiger partial charge in [-0.2, -0.15) is 0 Å². The van der Waals surface area contributed by atoms with Crippen molar-refractivity contribution in [3.05, 3.63) is 12.4 Å². The zero-order chi connectivity index (χ0) is 13.0. The van der Waals surface area contributed by atoms with Crippen molar-refractivity contribution in [1.29, 1.82) is 0 Å². The van der Waals surface area contributed by atoms with Gasteiger partial charge in [0.1, 0.15) is 12.1 Å². The zero-order valence-corrected chi connectivity index (χ0v) is 10.2. The highest BCUT2D eigenvalue weighted by molar-refractivity contribution is 5.79. The van der Waals surface area contributed by atoms with Gasteiger partial charge in [0, 0.05) is 12.6 Å². The molecule has 1 amide bonds. The second-order valence-electron chi connectivity index (χ2n) is 3.86. The minimum Gasteiger partial charge on any atom is -0.478 e. The molecule has 2 heterocycles. The molecule has 98 valence electrons. The highest BCUT2D eigenvalue weighted by Gasteiger charge is 2.25. The number of nitrogens with zero attached hydrogens (tertiary/aromatic N) is 3. The Morgan fingerprint density at radius 3 is 3.22 bits per heavy atom. The Morgan fingerprint density at radius 2 is 2.50 bits per heavy atom. The molecule has 0 bridgehead atoms. The molecule has 18 heavy (non-hydrogen) atoms. The predicted molar refractivity (Wildman–Crippen MR) is 64.3 cm³/mol. The fourth-order valence-corrected chi connectivity index (χ4v) is 1.76. The van der Waals surface area contributed by atoms with Crippen molar-refractivity contribution in [3.63, 3.8) is 0 Å². The lowest BCUT2D eigenvalue weighted by Gasteiger charge is -2.32. The molecule has 1 unspecified atom stereocenters. The minimum atomic E-state index is -0.593. The van der Waals surface area contributed by atoms with E-state index in [9.17, 15) is 4.79 Å². The van der Waals surface area contributed by atoms with Gasteiger partial charge in [0.2, 0.25) is 11.8 Å². The van der Waals surface area contributed by atoms with E-state index in [1.54, 1.807) is 6.07 Å². The lowest BCUT2D eigenvalue weighted by Crippen LogP contribution is -2.48. The first-order valence-electron chi connectivity index (χ1n) is 5.81. The van der Waals surface area contributed by atoms with Gasteiger partial charge >= 0.3 is 0 Å². The molecule has 0 saturated carbocycles. The summed E-state index contributed by atoms with van der Waals surface area (Å²) < 4.78 is 10.6. The first-order valence-corrected chi connectivity index (χ1v) is 5.81. The number of ether oxygens (including phenoxy) is 2. The Balaban J connectivity index is 2.10. The zero-order valence-electron chi connectivity index (χ0n) is 10.2. The largest absolute Gasteiger partial charge is 0.478 e. The van der Waals surface area contributed by atoms with Gasteiger partial charge in [0.05, 0.1) is 19.8 Å².